The summed E-state index contributed by atoms with van der Waals surface area (Å²) in [6, 6.07) is 10.2. The Morgan fingerprint density at radius 3 is 2.94 bits per heavy atom. The number of benzene rings is 1. The number of fused-ring (bicyclic) bond motifs is 1. The van der Waals surface area contributed by atoms with Crippen molar-refractivity contribution in [3.8, 4) is 6.07 Å². The van der Waals surface area contributed by atoms with Gasteiger partial charge in [0.2, 0.25) is 0 Å². The molecular formula is C14H17N3O. The van der Waals surface area contributed by atoms with Gasteiger partial charge in [0.1, 0.15) is 5.82 Å². The third kappa shape index (κ3) is 2.69. The Morgan fingerprint density at radius 2 is 2.17 bits per heavy atom. The highest BCUT2D eigenvalue weighted by Crippen LogP contribution is 2.17. The predicted octanol–water partition coefficient (Wildman–Crippen LogP) is 2.53. The number of nitrogens with zero attached hydrogens (tertiary/aromatic N) is 3. The molecule has 2 aromatic rings. The largest absolute Gasteiger partial charge is 0.385 e. The second kappa shape index (κ2) is 6.18. The molecule has 0 amide bonds. The molecule has 2 rings (SSSR count). The molecule has 0 atom stereocenters. The summed E-state index contributed by atoms with van der Waals surface area (Å²) in [6.07, 6.45) is 2.42. The van der Waals surface area contributed by atoms with Crippen molar-refractivity contribution in [2.75, 3.05) is 13.7 Å². The summed E-state index contributed by atoms with van der Waals surface area (Å²) >= 11 is 0. The van der Waals surface area contributed by atoms with Crippen LogP contribution in [-0.4, -0.2) is 23.3 Å². The third-order valence-electron chi connectivity index (χ3n) is 2.95. The molecule has 18 heavy (non-hydrogen) atoms. The maximum Gasteiger partial charge on any atom is 0.124 e. The van der Waals surface area contributed by atoms with Gasteiger partial charge < -0.3 is 9.30 Å². The van der Waals surface area contributed by atoms with Gasteiger partial charge in [0, 0.05) is 20.3 Å². The van der Waals surface area contributed by atoms with Gasteiger partial charge in [-0.2, -0.15) is 5.26 Å². The van der Waals surface area contributed by atoms with E-state index < -0.39 is 0 Å². The summed E-state index contributed by atoms with van der Waals surface area (Å²) in [4.78, 5) is 4.51. The minimum Gasteiger partial charge on any atom is -0.385 e. The van der Waals surface area contributed by atoms with Crippen molar-refractivity contribution in [1.29, 1.82) is 5.26 Å². The predicted molar refractivity (Wildman–Crippen MR) is 70.2 cm³/mol. The number of hydrogen-bond acceptors (Lipinski definition) is 3. The fourth-order valence-electron chi connectivity index (χ4n) is 2.10. The van der Waals surface area contributed by atoms with E-state index in [1.165, 1.54) is 0 Å². The maximum absolute atomic E-state index is 8.86. The molecule has 94 valence electrons. The summed E-state index contributed by atoms with van der Waals surface area (Å²) in [5.74, 6) is 0.858. The first-order chi connectivity index (χ1) is 8.86. The van der Waals surface area contributed by atoms with E-state index in [2.05, 4.69) is 21.7 Å². The fourth-order valence-corrected chi connectivity index (χ4v) is 2.10. The highest BCUT2D eigenvalue weighted by Gasteiger charge is 2.09. The number of ether oxygens (including phenoxy) is 1. The van der Waals surface area contributed by atoms with Crippen LogP contribution < -0.4 is 0 Å². The van der Waals surface area contributed by atoms with Crippen molar-refractivity contribution < 1.29 is 4.74 Å². The van der Waals surface area contributed by atoms with E-state index in [0.717, 1.165) is 42.9 Å². The molecule has 0 spiro atoms. The van der Waals surface area contributed by atoms with E-state index in [9.17, 15) is 0 Å². The average Bonchev–Trinajstić information content (AvgIpc) is 2.73. The van der Waals surface area contributed by atoms with E-state index >= 15 is 0 Å². The number of hydrogen-bond donors (Lipinski definition) is 0. The summed E-state index contributed by atoms with van der Waals surface area (Å²) < 4.78 is 7.20. The van der Waals surface area contributed by atoms with E-state index in [0.29, 0.717) is 6.42 Å². The number of rotatable bonds is 6. The SMILES string of the molecule is COCCCCn1c(CC#N)nc2ccccc21. The van der Waals surface area contributed by atoms with Crippen molar-refractivity contribution in [3.63, 3.8) is 0 Å². The van der Waals surface area contributed by atoms with Gasteiger partial charge in [-0.3, -0.25) is 0 Å². The zero-order valence-corrected chi connectivity index (χ0v) is 10.6. The zero-order valence-electron chi connectivity index (χ0n) is 10.6. The standard InChI is InChI=1S/C14H17N3O/c1-18-11-5-4-10-17-13-7-3-2-6-12(13)16-14(17)8-9-15/h2-3,6-7H,4-5,8,10-11H2,1H3. The lowest BCUT2D eigenvalue weighted by Crippen LogP contribution is -2.04. The molecule has 1 aromatic heterocycles. The molecule has 0 aliphatic carbocycles. The zero-order chi connectivity index (χ0) is 12.8. The van der Waals surface area contributed by atoms with E-state index in [1.54, 1.807) is 7.11 Å². The first kappa shape index (κ1) is 12.6. The van der Waals surface area contributed by atoms with Crippen LogP contribution in [0.3, 0.4) is 0 Å². The van der Waals surface area contributed by atoms with Gasteiger partial charge in [-0.25, -0.2) is 4.98 Å². The molecule has 0 N–H and O–H groups in total. The topological polar surface area (TPSA) is 50.8 Å². The smallest absolute Gasteiger partial charge is 0.124 e. The van der Waals surface area contributed by atoms with Crippen LogP contribution in [-0.2, 0) is 17.7 Å². The molecule has 0 saturated carbocycles. The monoisotopic (exact) mass is 243 g/mol. The molecule has 4 nitrogen and oxygen atoms in total. The molecule has 0 saturated heterocycles. The van der Waals surface area contributed by atoms with Crippen LogP contribution in [0, 0.1) is 11.3 Å². The molecule has 0 fully saturated rings. The molecule has 1 heterocycles. The van der Waals surface area contributed by atoms with Gasteiger partial charge in [-0.05, 0) is 25.0 Å². The van der Waals surface area contributed by atoms with Crippen LogP contribution in [0.4, 0.5) is 0 Å². The number of methoxy groups -OCH3 is 1. The second-order valence-corrected chi connectivity index (χ2v) is 4.20. The molecule has 0 radical (unpaired) electrons. The van der Waals surface area contributed by atoms with Crippen molar-refractivity contribution in [2.45, 2.75) is 25.8 Å². The van der Waals surface area contributed by atoms with Gasteiger partial charge in [0.25, 0.3) is 0 Å². The Bertz CT molecular complexity index is 554. The van der Waals surface area contributed by atoms with E-state index in [4.69, 9.17) is 10.00 Å². The number of aryl methyl sites for hydroxylation is 1. The number of aromatic nitrogens is 2. The van der Waals surface area contributed by atoms with Crippen LogP contribution in [0.15, 0.2) is 24.3 Å². The van der Waals surface area contributed by atoms with Gasteiger partial charge in [0.15, 0.2) is 0 Å². The summed E-state index contributed by atoms with van der Waals surface area (Å²) in [7, 11) is 1.72. The normalized spacial score (nSPS) is 10.7. The van der Waals surface area contributed by atoms with Crippen molar-refractivity contribution in [1.82, 2.24) is 9.55 Å². The quantitative estimate of drug-likeness (QED) is 0.732. The Labute approximate surface area is 107 Å². The molecule has 0 unspecified atom stereocenters. The van der Waals surface area contributed by atoms with Crippen molar-refractivity contribution in [3.05, 3.63) is 30.1 Å². The summed E-state index contributed by atoms with van der Waals surface area (Å²) in [5.41, 5.74) is 2.08. The molecule has 0 bridgehead atoms. The molecule has 0 aliphatic heterocycles. The highest BCUT2D eigenvalue weighted by molar-refractivity contribution is 5.75. The van der Waals surface area contributed by atoms with Gasteiger partial charge >= 0.3 is 0 Å². The maximum atomic E-state index is 8.86. The van der Waals surface area contributed by atoms with Crippen molar-refractivity contribution in [2.24, 2.45) is 0 Å². The lowest BCUT2D eigenvalue weighted by atomic mass is 10.3. The van der Waals surface area contributed by atoms with Gasteiger partial charge in [-0.15, -0.1) is 0 Å². The minimum atomic E-state index is 0.360. The van der Waals surface area contributed by atoms with Gasteiger partial charge in [-0.1, -0.05) is 12.1 Å². The van der Waals surface area contributed by atoms with Crippen LogP contribution in [0.25, 0.3) is 11.0 Å². The molecule has 4 heteroatoms. The van der Waals surface area contributed by atoms with Crippen LogP contribution in [0.1, 0.15) is 18.7 Å². The number of nitriles is 1. The lowest BCUT2D eigenvalue weighted by Gasteiger charge is -2.07. The number of imidazole rings is 1. The Balaban J connectivity index is 2.22. The minimum absolute atomic E-state index is 0.360. The van der Waals surface area contributed by atoms with Crippen molar-refractivity contribution >= 4 is 11.0 Å². The average molecular weight is 243 g/mol. The molecular weight excluding hydrogens is 226 g/mol. The van der Waals surface area contributed by atoms with E-state index in [1.807, 2.05) is 18.2 Å². The molecule has 1 aromatic carbocycles. The fraction of sp³-hybridized carbons (Fsp3) is 0.429. The number of para-hydroxylation sites is 2. The second-order valence-electron chi connectivity index (χ2n) is 4.20. The Morgan fingerprint density at radius 1 is 1.33 bits per heavy atom. The summed E-state index contributed by atoms with van der Waals surface area (Å²) in [5, 5.41) is 8.86. The number of unbranched alkanes of at least 4 members (excludes halogenated alkanes) is 1. The van der Waals surface area contributed by atoms with Crippen LogP contribution >= 0.6 is 0 Å². The Hall–Kier alpha value is -1.86. The molecule has 0 aliphatic rings. The first-order valence-electron chi connectivity index (χ1n) is 6.17. The van der Waals surface area contributed by atoms with Crippen LogP contribution in [0.2, 0.25) is 0 Å². The highest BCUT2D eigenvalue weighted by atomic mass is 16.5. The third-order valence-corrected chi connectivity index (χ3v) is 2.95. The van der Waals surface area contributed by atoms with Crippen LogP contribution in [0.5, 0.6) is 0 Å². The first-order valence-corrected chi connectivity index (χ1v) is 6.17. The lowest BCUT2D eigenvalue weighted by molar-refractivity contribution is 0.191. The summed E-state index contributed by atoms with van der Waals surface area (Å²) in [6.45, 7) is 1.67. The Kier molecular flexibility index (Phi) is 4.32. The van der Waals surface area contributed by atoms with E-state index in [-0.39, 0.29) is 0 Å². The van der Waals surface area contributed by atoms with Gasteiger partial charge in [0.05, 0.1) is 23.5 Å².